The highest BCUT2D eigenvalue weighted by Crippen LogP contribution is 2.15. The molecule has 0 fully saturated rings. The zero-order valence-electron chi connectivity index (χ0n) is 27.5. The van der Waals surface area contributed by atoms with Crippen LogP contribution in [0.4, 0.5) is 0 Å². The van der Waals surface area contributed by atoms with Crippen LogP contribution in [0.1, 0.15) is 206 Å². The maximum Gasteiger partial charge on any atom is 0.256 e. The summed E-state index contributed by atoms with van der Waals surface area (Å²) in [6.07, 6.45) is 47.6. The molecule has 0 aliphatic heterocycles. The van der Waals surface area contributed by atoms with Gasteiger partial charge in [-0.15, -0.1) is 0 Å². The minimum Gasteiger partial charge on any atom is -0.237 e. The van der Waals surface area contributed by atoms with E-state index in [1.807, 2.05) is 0 Å². The van der Waals surface area contributed by atoms with Crippen LogP contribution in [0.25, 0.3) is 0 Å². The van der Waals surface area contributed by atoms with Crippen molar-refractivity contribution >= 4 is 0 Å². The van der Waals surface area contributed by atoms with E-state index in [2.05, 4.69) is 42.4 Å². The van der Waals surface area contributed by atoms with Gasteiger partial charge in [0, 0.05) is 6.42 Å². The molecule has 1 heterocycles. The van der Waals surface area contributed by atoms with Crippen molar-refractivity contribution in [3.63, 3.8) is 0 Å². The standard InChI is InChI=1S/C37H73N2/c1-4-6-8-10-12-14-16-18-19-20-22-24-26-28-30-32-34-39-36-35-38(3)37(39)33-31-29-27-25-23-21-17-15-13-11-9-7-5-2/h35-36H,4-34H2,1-3H3/q+1. The Bertz CT molecular complexity index is 605. The lowest BCUT2D eigenvalue weighted by molar-refractivity contribution is -0.704. The van der Waals surface area contributed by atoms with E-state index in [4.69, 9.17) is 0 Å². The molecule has 0 aromatic carbocycles. The summed E-state index contributed by atoms with van der Waals surface area (Å²) in [5.74, 6) is 1.54. The predicted molar refractivity (Wildman–Crippen MR) is 175 cm³/mol. The second kappa shape index (κ2) is 28.7. The molecule has 0 unspecified atom stereocenters. The fourth-order valence-corrected chi connectivity index (χ4v) is 6.21. The summed E-state index contributed by atoms with van der Waals surface area (Å²) in [4.78, 5) is 0. The van der Waals surface area contributed by atoms with Crippen LogP contribution >= 0.6 is 0 Å². The van der Waals surface area contributed by atoms with Crippen LogP contribution in [0.2, 0.25) is 0 Å². The molecule has 1 rings (SSSR count). The van der Waals surface area contributed by atoms with Gasteiger partial charge in [0.15, 0.2) is 0 Å². The molecule has 2 nitrogen and oxygen atoms in total. The molecular formula is C37H73N2+. The highest BCUT2D eigenvalue weighted by Gasteiger charge is 2.13. The monoisotopic (exact) mass is 546 g/mol. The van der Waals surface area contributed by atoms with Gasteiger partial charge in [0.2, 0.25) is 0 Å². The summed E-state index contributed by atoms with van der Waals surface area (Å²) >= 11 is 0. The lowest BCUT2D eigenvalue weighted by atomic mass is 10.0. The third-order valence-electron chi connectivity index (χ3n) is 8.97. The van der Waals surface area contributed by atoms with Crippen LogP contribution in [-0.4, -0.2) is 4.57 Å². The number of aryl methyl sites for hydroxylation is 2. The summed E-state index contributed by atoms with van der Waals surface area (Å²) in [7, 11) is 2.24. The van der Waals surface area contributed by atoms with Crippen molar-refractivity contribution in [2.24, 2.45) is 7.05 Å². The molecule has 1 aromatic rings. The largest absolute Gasteiger partial charge is 0.256 e. The summed E-state index contributed by atoms with van der Waals surface area (Å²) < 4.78 is 4.91. The fourth-order valence-electron chi connectivity index (χ4n) is 6.21. The normalized spacial score (nSPS) is 11.6. The zero-order chi connectivity index (χ0) is 28.1. The molecule has 230 valence electrons. The third-order valence-corrected chi connectivity index (χ3v) is 8.97. The van der Waals surface area contributed by atoms with Crippen molar-refractivity contribution in [1.82, 2.24) is 4.57 Å². The summed E-state index contributed by atoms with van der Waals surface area (Å²) in [5.41, 5.74) is 0. The van der Waals surface area contributed by atoms with Gasteiger partial charge in [-0.25, -0.2) is 9.13 Å². The first-order chi connectivity index (χ1) is 19.3. The van der Waals surface area contributed by atoms with Gasteiger partial charge in [-0.05, 0) is 19.3 Å². The molecule has 0 saturated carbocycles. The quantitative estimate of drug-likeness (QED) is 0.0648. The Morgan fingerprint density at radius 3 is 1.10 bits per heavy atom. The Hall–Kier alpha value is -0.790. The van der Waals surface area contributed by atoms with Gasteiger partial charge in [-0.3, -0.25) is 0 Å². The Morgan fingerprint density at radius 1 is 0.436 bits per heavy atom. The molecule has 0 aliphatic rings. The van der Waals surface area contributed by atoms with Crippen LogP contribution in [0.3, 0.4) is 0 Å². The summed E-state index contributed by atoms with van der Waals surface area (Å²) in [6.45, 7) is 5.83. The molecule has 0 spiro atoms. The van der Waals surface area contributed by atoms with Crippen molar-refractivity contribution < 1.29 is 4.57 Å². The van der Waals surface area contributed by atoms with Crippen molar-refractivity contribution in [3.8, 4) is 0 Å². The van der Waals surface area contributed by atoms with Gasteiger partial charge < -0.3 is 0 Å². The lowest BCUT2D eigenvalue weighted by Crippen LogP contribution is -2.37. The molecule has 0 aliphatic carbocycles. The molecule has 2 heteroatoms. The van der Waals surface area contributed by atoms with Crippen LogP contribution in [0, 0.1) is 0 Å². The van der Waals surface area contributed by atoms with Gasteiger partial charge >= 0.3 is 0 Å². The number of hydrogen-bond donors (Lipinski definition) is 0. The number of hydrogen-bond acceptors (Lipinski definition) is 0. The number of nitrogens with zero attached hydrogens (tertiary/aromatic N) is 2. The highest BCUT2D eigenvalue weighted by molar-refractivity contribution is 4.82. The SMILES string of the molecule is CCCCCCCCCCCCCCCCCC[n+]1ccn(C)c1CCCCCCCCCCCCCCC. The third kappa shape index (κ3) is 22.6. The first-order valence-electron chi connectivity index (χ1n) is 18.3. The average Bonchev–Trinajstić information content (AvgIpc) is 3.29. The Labute approximate surface area is 247 Å². The van der Waals surface area contributed by atoms with Gasteiger partial charge in [-0.1, -0.05) is 181 Å². The van der Waals surface area contributed by atoms with E-state index in [1.54, 1.807) is 5.82 Å². The molecule has 39 heavy (non-hydrogen) atoms. The molecule has 0 bridgehead atoms. The van der Waals surface area contributed by atoms with Crippen molar-refractivity contribution in [1.29, 1.82) is 0 Å². The minimum atomic E-state index is 1.22. The predicted octanol–water partition coefficient (Wildman–Crippen LogP) is 12.2. The second-order valence-corrected chi connectivity index (χ2v) is 12.8. The molecule has 0 N–H and O–H groups in total. The number of aromatic nitrogens is 2. The topological polar surface area (TPSA) is 8.81 Å². The van der Waals surface area contributed by atoms with Gasteiger partial charge in [-0.2, -0.15) is 0 Å². The Morgan fingerprint density at radius 2 is 0.744 bits per heavy atom. The zero-order valence-corrected chi connectivity index (χ0v) is 27.5. The molecule has 1 aromatic heterocycles. The molecular weight excluding hydrogens is 472 g/mol. The van der Waals surface area contributed by atoms with Gasteiger partial charge in [0.1, 0.15) is 12.4 Å². The highest BCUT2D eigenvalue weighted by atomic mass is 15.1. The van der Waals surface area contributed by atoms with E-state index in [0.717, 1.165) is 0 Å². The lowest BCUT2D eigenvalue weighted by Gasteiger charge is -2.05. The summed E-state index contributed by atoms with van der Waals surface area (Å²) in [6, 6.07) is 0. The van der Waals surface area contributed by atoms with Crippen molar-refractivity contribution in [2.75, 3.05) is 0 Å². The van der Waals surface area contributed by atoms with Crippen molar-refractivity contribution in [3.05, 3.63) is 18.2 Å². The van der Waals surface area contributed by atoms with E-state index in [-0.39, 0.29) is 0 Å². The summed E-state index contributed by atoms with van der Waals surface area (Å²) in [5, 5.41) is 0. The van der Waals surface area contributed by atoms with E-state index in [9.17, 15) is 0 Å². The second-order valence-electron chi connectivity index (χ2n) is 12.8. The van der Waals surface area contributed by atoms with Crippen LogP contribution in [-0.2, 0) is 20.0 Å². The van der Waals surface area contributed by atoms with E-state index in [1.165, 1.54) is 199 Å². The van der Waals surface area contributed by atoms with Crippen LogP contribution < -0.4 is 4.57 Å². The van der Waals surface area contributed by atoms with E-state index >= 15 is 0 Å². The first-order valence-corrected chi connectivity index (χ1v) is 18.3. The van der Waals surface area contributed by atoms with Crippen LogP contribution in [0.5, 0.6) is 0 Å². The maximum absolute atomic E-state index is 2.55. The smallest absolute Gasteiger partial charge is 0.237 e. The number of rotatable bonds is 31. The fraction of sp³-hybridized carbons (Fsp3) is 0.919. The number of imidazole rings is 1. The Kier molecular flexibility index (Phi) is 26.7. The molecule has 0 amide bonds. The minimum absolute atomic E-state index is 1.22. The molecule has 0 saturated heterocycles. The van der Waals surface area contributed by atoms with E-state index < -0.39 is 0 Å². The molecule has 0 radical (unpaired) electrons. The van der Waals surface area contributed by atoms with Crippen molar-refractivity contribution in [2.45, 2.75) is 213 Å². The van der Waals surface area contributed by atoms with Gasteiger partial charge in [0.25, 0.3) is 5.82 Å². The Balaban J connectivity index is 1.91. The van der Waals surface area contributed by atoms with Crippen LogP contribution in [0.15, 0.2) is 12.4 Å². The van der Waals surface area contributed by atoms with E-state index in [0.29, 0.717) is 0 Å². The maximum atomic E-state index is 2.55. The average molecular weight is 546 g/mol. The molecule has 0 atom stereocenters. The number of unbranched alkanes of at least 4 members (excludes halogenated alkanes) is 27. The van der Waals surface area contributed by atoms with Gasteiger partial charge in [0.05, 0.1) is 13.6 Å². The first kappa shape index (κ1) is 36.2.